The minimum atomic E-state index is -3.25. The predicted octanol–water partition coefficient (Wildman–Crippen LogP) is -0.779. The summed E-state index contributed by atoms with van der Waals surface area (Å²) in [4.78, 5) is 10.9. The van der Waals surface area contributed by atoms with E-state index in [1.807, 2.05) is 0 Å². The number of piperidine rings is 1. The van der Waals surface area contributed by atoms with Gasteiger partial charge >= 0.3 is 0 Å². The number of carbonyl (C=O) groups excluding carboxylic acids is 1. The first kappa shape index (κ1) is 13.4. The molecule has 0 aromatic carbocycles. The second kappa shape index (κ2) is 6.17. The summed E-state index contributed by atoms with van der Waals surface area (Å²) >= 11 is 0. The molecule has 1 fully saturated rings. The van der Waals surface area contributed by atoms with Gasteiger partial charge in [0.15, 0.2) is 0 Å². The van der Waals surface area contributed by atoms with E-state index in [-0.39, 0.29) is 17.7 Å². The molecule has 1 unspecified atom stereocenters. The summed E-state index contributed by atoms with van der Waals surface area (Å²) in [6.07, 6.45) is 1.42. The van der Waals surface area contributed by atoms with Gasteiger partial charge in [0.1, 0.15) is 0 Å². The molecule has 1 rings (SSSR count). The molecular weight excluding hydrogens is 232 g/mol. The van der Waals surface area contributed by atoms with Gasteiger partial charge in [-0.15, -0.1) is 0 Å². The Bertz CT molecular complexity index is 318. The van der Waals surface area contributed by atoms with Gasteiger partial charge in [-0.2, -0.15) is 0 Å². The monoisotopic (exact) mass is 250 g/mol. The molecule has 94 valence electrons. The molecule has 1 atom stereocenters. The van der Waals surface area contributed by atoms with E-state index >= 15 is 0 Å². The van der Waals surface area contributed by atoms with Crippen LogP contribution >= 0.6 is 0 Å². The van der Waals surface area contributed by atoms with E-state index in [1.165, 1.54) is 7.11 Å². The molecule has 0 bridgehead atoms. The van der Waals surface area contributed by atoms with E-state index < -0.39 is 10.0 Å². The predicted molar refractivity (Wildman–Crippen MR) is 59.4 cm³/mol. The summed E-state index contributed by atoms with van der Waals surface area (Å²) in [7, 11) is -1.71. The normalized spacial score (nSPS) is 21.8. The molecule has 0 aliphatic carbocycles. The number of hydrogen-bond donors (Lipinski definition) is 2. The zero-order valence-corrected chi connectivity index (χ0v) is 10.2. The summed E-state index contributed by atoms with van der Waals surface area (Å²) in [5, 5.41) is 2.63. The molecular formula is C9H18N2O4S. The number of amides is 1. The van der Waals surface area contributed by atoms with E-state index in [1.54, 1.807) is 0 Å². The first-order chi connectivity index (χ1) is 7.53. The van der Waals surface area contributed by atoms with Crippen molar-refractivity contribution in [3.05, 3.63) is 0 Å². The zero-order chi connectivity index (χ0) is 12.0. The van der Waals surface area contributed by atoms with E-state index in [0.29, 0.717) is 32.4 Å². The topological polar surface area (TPSA) is 84.5 Å². The first-order valence-electron chi connectivity index (χ1n) is 5.29. The number of methoxy groups -OCH3 is 1. The van der Waals surface area contributed by atoms with Crippen LogP contribution < -0.4 is 10.0 Å². The highest BCUT2D eigenvalue weighted by molar-refractivity contribution is 7.89. The molecule has 16 heavy (non-hydrogen) atoms. The average molecular weight is 250 g/mol. The summed E-state index contributed by atoms with van der Waals surface area (Å²) in [6.45, 7) is 0.810. The van der Waals surface area contributed by atoms with Crippen LogP contribution in [0.25, 0.3) is 0 Å². The van der Waals surface area contributed by atoms with Gasteiger partial charge in [0, 0.05) is 32.7 Å². The molecule has 0 spiro atoms. The Balaban J connectivity index is 2.32. The minimum absolute atomic E-state index is 0.0187. The fraction of sp³-hybridized carbons (Fsp3) is 0.889. The van der Waals surface area contributed by atoms with Gasteiger partial charge in [-0.25, -0.2) is 13.1 Å². The van der Waals surface area contributed by atoms with E-state index in [2.05, 4.69) is 10.0 Å². The highest BCUT2D eigenvalue weighted by Crippen LogP contribution is 2.04. The van der Waals surface area contributed by atoms with E-state index in [4.69, 9.17) is 4.74 Å². The highest BCUT2D eigenvalue weighted by atomic mass is 32.2. The quantitative estimate of drug-likeness (QED) is 0.606. The molecule has 0 saturated carbocycles. The Morgan fingerprint density at radius 1 is 1.56 bits per heavy atom. The van der Waals surface area contributed by atoms with Crippen LogP contribution in [0.4, 0.5) is 0 Å². The van der Waals surface area contributed by atoms with E-state index in [0.717, 1.165) is 0 Å². The average Bonchev–Trinajstić information content (AvgIpc) is 2.21. The van der Waals surface area contributed by atoms with Crippen molar-refractivity contribution in [2.45, 2.75) is 25.3 Å². The summed E-state index contributed by atoms with van der Waals surface area (Å²) < 4.78 is 30.5. The standard InChI is InChI=1S/C9H18N2O4S/c1-15-5-2-6-16(13,14)11-8-3-4-9(12)10-7-8/h8,11H,2-7H2,1H3,(H,10,12). The maximum atomic E-state index is 11.6. The van der Waals surface area contributed by atoms with E-state index in [9.17, 15) is 13.2 Å². The van der Waals surface area contributed by atoms with Crippen LogP contribution in [-0.2, 0) is 19.6 Å². The van der Waals surface area contributed by atoms with Crippen molar-refractivity contribution < 1.29 is 17.9 Å². The third-order valence-corrected chi connectivity index (χ3v) is 3.89. The highest BCUT2D eigenvalue weighted by Gasteiger charge is 2.22. The second-order valence-corrected chi connectivity index (χ2v) is 5.70. The van der Waals surface area contributed by atoms with Crippen LogP contribution in [0, 0.1) is 0 Å². The van der Waals surface area contributed by atoms with Gasteiger partial charge in [-0.05, 0) is 12.8 Å². The molecule has 6 nitrogen and oxygen atoms in total. The van der Waals surface area contributed by atoms with Crippen molar-refractivity contribution >= 4 is 15.9 Å². The van der Waals surface area contributed by atoms with Crippen LogP contribution in [0.1, 0.15) is 19.3 Å². The smallest absolute Gasteiger partial charge is 0.220 e. The van der Waals surface area contributed by atoms with Crippen molar-refractivity contribution in [3.63, 3.8) is 0 Å². The molecule has 1 amide bonds. The summed E-state index contributed by atoms with van der Waals surface area (Å²) in [5.74, 6) is 0.0421. The molecule has 1 saturated heterocycles. The van der Waals surface area contributed by atoms with Gasteiger partial charge in [-0.1, -0.05) is 0 Å². The Morgan fingerprint density at radius 3 is 2.88 bits per heavy atom. The van der Waals surface area contributed by atoms with Gasteiger partial charge in [-0.3, -0.25) is 4.79 Å². The van der Waals surface area contributed by atoms with Crippen molar-refractivity contribution in [1.29, 1.82) is 0 Å². The molecule has 1 heterocycles. The van der Waals surface area contributed by atoms with Crippen LogP contribution in [0.5, 0.6) is 0 Å². The Hall–Kier alpha value is -0.660. The first-order valence-corrected chi connectivity index (χ1v) is 6.94. The Morgan fingerprint density at radius 2 is 2.31 bits per heavy atom. The fourth-order valence-electron chi connectivity index (χ4n) is 1.54. The van der Waals surface area contributed by atoms with Gasteiger partial charge in [0.05, 0.1) is 5.75 Å². The maximum absolute atomic E-state index is 11.6. The number of ether oxygens (including phenoxy) is 1. The van der Waals surface area contributed by atoms with Crippen LogP contribution in [0.15, 0.2) is 0 Å². The molecule has 0 aromatic rings. The van der Waals surface area contributed by atoms with Crippen molar-refractivity contribution in [2.75, 3.05) is 26.0 Å². The summed E-state index contributed by atoms with van der Waals surface area (Å²) in [5.41, 5.74) is 0. The molecule has 7 heteroatoms. The third-order valence-electron chi connectivity index (χ3n) is 2.37. The van der Waals surface area contributed by atoms with Crippen molar-refractivity contribution in [3.8, 4) is 0 Å². The van der Waals surface area contributed by atoms with Gasteiger partial charge in [0.2, 0.25) is 15.9 Å². The minimum Gasteiger partial charge on any atom is -0.385 e. The van der Waals surface area contributed by atoms with Crippen LogP contribution in [-0.4, -0.2) is 46.4 Å². The number of carbonyl (C=O) groups is 1. The number of hydrogen-bond acceptors (Lipinski definition) is 4. The lowest BCUT2D eigenvalue weighted by molar-refractivity contribution is -0.122. The van der Waals surface area contributed by atoms with Crippen LogP contribution in [0.3, 0.4) is 0 Å². The molecule has 1 aliphatic rings. The molecule has 1 aliphatic heterocycles. The molecule has 0 radical (unpaired) electrons. The molecule has 2 N–H and O–H groups in total. The van der Waals surface area contributed by atoms with Gasteiger partial charge < -0.3 is 10.1 Å². The number of rotatable bonds is 6. The van der Waals surface area contributed by atoms with Crippen molar-refractivity contribution in [2.24, 2.45) is 0 Å². The lowest BCUT2D eigenvalue weighted by Crippen LogP contribution is -2.48. The number of nitrogens with one attached hydrogen (secondary N) is 2. The van der Waals surface area contributed by atoms with Crippen molar-refractivity contribution in [1.82, 2.24) is 10.0 Å². The fourth-order valence-corrected chi connectivity index (χ4v) is 2.86. The Kier molecular flexibility index (Phi) is 5.17. The zero-order valence-electron chi connectivity index (χ0n) is 9.36. The molecule has 0 aromatic heterocycles. The maximum Gasteiger partial charge on any atom is 0.220 e. The lowest BCUT2D eigenvalue weighted by atomic mass is 10.1. The lowest BCUT2D eigenvalue weighted by Gasteiger charge is -2.23. The largest absolute Gasteiger partial charge is 0.385 e. The van der Waals surface area contributed by atoms with Crippen LogP contribution in [0.2, 0.25) is 0 Å². The second-order valence-electron chi connectivity index (χ2n) is 3.82. The number of sulfonamides is 1. The Labute approximate surface area is 95.8 Å². The summed E-state index contributed by atoms with van der Waals surface area (Å²) in [6, 6.07) is -0.176. The SMILES string of the molecule is COCCCS(=O)(=O)NC1CCC(=O)NC1. The third kappa shape index (κ3) is 4.91. The van der Waals surface area contributed by atoms with Gasteiger partial charge in [0.25, 0.3) is 0 Å².